The predicted molar refractivity (Wildman–Crippen MR) is 96.7 cm³/mol. The Morgan fingerprint density at radius 2 is 2.19 bits per heavy atom. The summed E-state index contributed by atoms with van der Waals surface area (Å²) in [4.78, 5) is 30.1. The lowest BCUT2D eigenvalue weighted by Crippen LogP contribution is -2.55. The number of methoxy groups -OCH3 is 1. The number of ether oxygens (including phenoxy) is 2. The fourth-order valence-corrected chi connectivity index (χ4v) is 3.48. The quantitative estimate of drug-likeness (QED) is 0.722. The molecule has 1 amide bonds. The molecule has 9 heteroatoms. The summed E-state index contributed by atoms with van der Waals surface area (Å²) in [5.41, 5.74) is 0.808. The number of hydrogen-bond acceptors (Lipinski definition) is 7. The average Bonchev–Trinajstić information content (AvgIpc) is 3.11. The molecule has 0 unspecified atom stereocenters. The van der Waals surface area contributed by atoms with Gasteiger partial charge in [-0.1, -0.05) is 0 Å². The molecule has 27 heavy (non-hydrogen) atoms. The summed E-state index contributed by atoms with van der Waals surface area (Å²) in [6, 6.07) is 5.24. The maximum atomic E-state index is 12.9. The van der Waals surface area contributed by atoms with Crippen molar-refractivity contribution >= 4 is 23.2 Å². The second-order valence-corrected chi connectivity index (χ2v) is 6.98. The minimum atomic E-state index is -0.563. The molecule has 1 atom stereocenters. The van der Waals surface area contributed by atoms with E-state index < -0.39 is 12.0 Å². The number of carbonyl (C=O) groups is 2. The number of nitrogens with zero attached hydrogens (tertiary/aromatic N) is 2. The Hall–Kier alpha value is -2.52. The molecule has 1 aliphatic rings. The van der Waals surface area contributed by atoms with Gasteiger partial charge in [0.05, 0.1) is 19.2 Å². The van der Waals surface area contributed by atoms with Gasteiger partial charge in [-0.15, -0.1) is 11.3 Å². The van der Waals surface area contributed by atoms with E-state index in [0.717, 1.165) is 10.7 Å². The van der Waals surface area contributed by atoms with E-state index in [1.807, 2.05) is 10.3 Å². The van der Waals surface area contributed by atoms with Crippen molar-refractivity contribution in [2.75, 3.05) is 20.2 Å². The van der Waals surface area contributed by atoms with Crippen molar-refractivity contribution in [3.63, 3.8) is 0 Å². The SMILES string of the molecule is COC(=O)C[C@H]1C(=O)NCCN1Cc1csc(COc2ccc(F)cc2)n1. The lowest BCUT2D eigenvalue weighted by molar-refractivity contribution is -0.146. The third-order valence-corrected chi connectivity index (χ3v) is 5.04. The van der Waals surface area contributed by atoms with Crippen molar-refractivity contribution in [3.05, 3.63) is 46.2 Å². The first-order valence-electron chi connectivity index (χ1n) is 8.45. The van der Waals surface area contributed by atoms with Gasteiger partial charge in [-0.25, -0.2) is 9.37 Å². The standard InChI is InChI=1S/C18H20FN3O4S/c1-25-17(23)8-15-18(24)20-6-7-22(15)9-13-11-27-16(21-13)10-26-14-4-2-12(19)3-5-14/h2-5,11,15H,6-10H2,1H3,(H,20,24)/t15-/m0/s1. The molecule has 144 valence electrons. The number of rotatable bonds is 7. The number of piperazine rings is 1. The monoisotopic (exact) mass is 393 g/mol. The first-order valence-corrected chi connectivity index (χ1v) is 9.33. The highest BCUT2D eigenvalue weighted by Gasteiger charge is 2.32. The summed E-state index contributed by atoms with van der Waals surface area (Å²) >= 11 is 1.45. The zero-order chi connectivity index (χ0) is 19.2. The van der Waals surface area contributed by atoms with Crippen LogP contribution in [0.5, 0.6) is 5.75 Å². The van der Waals surface area contributed by atoms with Crippen molar-refractivity contribution < 1.29 is 23.5 Å². The van der Waals surface area contributed by atoms with Crippen LogP contribution in [0.1, 0.15) is 17.1 Å². The largest absolute Gasteiger partial charge is 0.486 e. The van der Waals surface area contributed by atoms with Crippen LogP contribution in [0, 0.1) is 5.82 Å². The van der Waals surface area contributed by atoms with Gasteiger partial charge >= 0.3 is 5.97 Å². The van der Waals surface area contributed by atoms with Crippen LogP contribution in [-0.2, 0) is 27.5 Å². The second kappa shape index (κ2) is 8.92. The summed E-state index contributed by atoms with van der Waals surface area (Å²) < 4.78 is 23.2. The lowest BCUT2D eigenvalue weighted by Gasteiger charge is -2.33. The number of thiazole rings is 1. The van der Waals surface area contributed by atoms with Gasteiger partial charge in [-0.3, -0.25) is 14.5 Å². The van der Waals surface area contributed by atoms with Gasteiger partial charge in [0.1, 0.15) is 29.2 Å². The van der Waals surface area contributed by atoms with E-state index in [1.54, 1.807) is 12.1 Å². The molecule has 7 nitrogen and oxygen atoms in total. The Balaban J connectivity index is 1.59. The molecular formula is C18H20FN3O4S. The number of nitrogens with one attached hydrogen (secondary N) is 1. The normalized spacial score (nSPS) is 17.4. The molecule has 1 aliphatic heterocycles. The van der Waals surface area contributed by atoms with Crippen LogP contribution in [0.2, 0.25) is 0 Å². The summed E-state index contributed by atoms with van der Waals surface area (Å²) in [5.74, 6) is -0.347. The van der Waals surface area contributed by atoms with E-state index in [1.165, 1.54) is 30.6 Å². The molecule has 3 rings (SSSR count). The molecule has 0 radical (unpaired) electrons. The van der Waals surface area contributed by atoms with Gasteiger partial charge in [0.25, 0.3) is 0 Å². The van der Waals surface area contributed by atoms with Crippen LogP contribution in [-0.4, -0.2) is 48.0 Å². The zero-order valence-electron chi connectivity index (χ0n) is 14.8. The van der Waals surface area contributed by atoms with Crippen molar-refractivity contribution in [3.8, 4) is 5.75 Å². The maximum Gasteiger partial charge on any atom is 0.307 e. The van der Waals surface area contributed by atoms with E-state index in [-0.39, 0.29) is 24.8 Å². The number of esters is 1. The van der Waals surface area contributed by atoms with Gasteiger partial charge < -0.3 is 14.8 Å². The molecular weight excluding hydrogens is 373 g/mol. The van der Waals surface area contributed by atoms with Crippen molar-refractivity contribution in [2.24, 2.45) is 0 Å². The Morgan fingerprint density at radius 3 is 2.93 bits per heavy atom. The van der Waals surface area contributed by atoms with Gasteiger partial charge in [0, 0.05) is 25.0 Å². The fraction of sp³-hybridized carbons (Fsp3) is 0.389. The second-order valence-electron chi connectivity index (χ2n) is 6.03. The van der Waals surface area contributed by atoms with Crippen LogP contribution in [0.3, 0.4) is 0 Å². The van der Waals surface area contributed by atoms with Crippen LogP contribution < -0.4 is 10.1 Å². The summed E-state index contributed by atoms with van der Waals surface area (Å²) in [7, 11) is 1.31. The van der Waals surface area contributed by atoms with E-state index in [4.69, 9.17) is 4.74 Å². The number of hydrogen-bond donors (Lipinski definition) is 1. The molecule has 2 aromatic rings. The third kappa shape index (κ3) is 5.24. The summed E-state index contributed by atoms with van der Waals surface area (Å²) in [6.07, 6.45) is 0.00695. The minimum absolute atomic E-state index is 0.00695. The smallest absolute Gasteiger partial charge is 0.307 e. The average molecular weight is 393 g/mol. The van der Waals surface area contributed by atoms with Crippen LogP contribution >= 0.6 is 11.3 Å². The van der Waals surface area contributed by atoms with E-state index in [2.05, 4.69) is 15.0 Å². The molecule has 1 aromatic carbocycles. The number of halogens is 1. The topological polar surface area (TPSA) is 80.8 Å². The number of amides is 1. The molecule has 1 saturated heterocycles. The van der Waals surface area contributed by atoms with E-state index >= 15 is 0 Å². The van der Waals surface area contributed by atoms with Gasteiger partial charge in [0.15, 0.2) is 0 Å². The first-order chi connectivity index (χ1) is 13.0. The Labute approximate surface area is 160 Å². The molecule has 1 N–H and O–H groups in total. The summed E-state index contributed by atoms with van der Waals surface area (Å²) in [6.45, 7) is 1.90. The Bertz CT molecular complexity index is 796. The molecule has 2 heterocycles. The molecule has 0 bridgehead atoms. The molecule has 1 aromatic heterocycles. The first kappa shape index (κ1) is 19.2. The van der Waals surface area contributed by atoms with Gasteiger partial charge in [0.2, 0.25) is 5.91 Å². The van der Waals surface area contributed by atoms with Crippen molar-refractivity contribution in [2.45, 2.75) is 25.6 Å². The predicted octanol–water partition coefficient (Wildman–Crippen LogP) is 1.72. The Morgan fingerprint density at radius 1 is 1.41 bits per heavy atom. The molecule has 1 fully saturated rings. The maximum absolute atomic E-state index is 12.9. The van der Waals surface area contributed by atoms with Crippen LogP contribution in [0.25, 0.3) is 0 Å². The van der Waals surface area contributed by atoms with E-state index in [0.29, 0.717) is 25.4 Å². The molecule has 0 saturated carbocycles. The highest BCUT2D eigenvalue weighted by atomic mass is 32.1. The Kier molecular flexibility index (Phi) is 6.36. The fourth-order valence-electron chi connectivity index (χ4n) is 2.79. The van der Waals surface area contributed by atoms with E-state index in [9.17, 15) is 14.0 Å². The molecule has 0 aliphatic carbocycles. The number of aromatic nitrogens is 1. The number of benzene rings is 1. The van der Waals surface area contributed by atoms with Crippen LogP contribution in [0.15, 0.2) is 29.6 Å². The van der Waals surface area contributed by atoms with Crippen molar-refractivity contribution in [1.29, 1.82) is 0 Å². The highest BCUT2D eigenvalue weighted by Crippen LogP contribution is 2.19. The zero-order valence-corrected chi connectivity index (χ0v) is 15.6. The highest BCUT2D eigenvalue weighted by molar-refractivity contribution is 7.09. The molecule has 0 spiro atoms. The summed E-state index contributed by atoms with van der Waals surface area (Å²) in [5, 5.41) is 5.46. The van der Waals surface area contributed by atoms with Gasteiger partial charge in [-0.05, 0) is 24.3 Å². The third-order valence-electron chi connectivity index (χ3n) is 4.17. The minimum Gasteiger partial charge on any atom is -0.486 e. The van der Waals surface area contributed by atoms with Crippen molar-refractivity contribution in [1.82, 2.24) is 15.2 Å². The van der Waals surface area contributed by atoms with Gasteiger partial charge in [-0.2, -0.15) is 0 Å². The van der Waals surface area contributed by atoms with Crippen LogP contribution in [0.4, 0.5) is 4.39 Å². The lowest BCUT2D eigenvalue weighted by atomic mass is 10.1. The number of carbonyl (C=O) groups excluding carboxylic acids is 2.